The van der Waals surface area contributed by atoms with Gasteiger partial charge in [-0.2, -0.15) is 0 Å². The number of hydrogen-bond acceptors (Lipinski definition) is 3. The maximum absolute atomic E-state index is 10.8. The van der Waals surface area contributed by atoms with Crippen LogP contribution in [-0.4, -0.2) is 5.97 Å². The summed E-state index contributed by atoms with van der Waals surface area (Å²) in [5, 5.41) is 14.9. The Hall–Kier alpha value is -1.71. The lowest BCUT2D eigenvalue weighted by molar-refractivity contribution is -0.304. The molecule has 0 heterocycles. The van der Waals surface area contributed by atoms with Crippen molar-refractivity contribution >= 4 is 40.5 Å². The van der Waals surface area contributed by atoms with Crippen LogP contribution in [0.2, 0.25) is 10.0 Å². The Labute approximate surface area is 127 Å². The number of anilines is 2. The quantitative estimate of drug-likeness (QED) is 0.942. The molecule has 0 radical (unpaired) electrons. The van der Waals surface area contributed by atoms with Crippen molar-refractivity contribution in [3.05, 3.63) is 57.6 Å². The minimum absolute atomic E-state index is 0.176. The average Bonchev–Trinajstić information content (AvgIpc) is 2.40. The molecule has 0 atom stereocenters. The topological polar surface area (TPSA) is 52.2 Å². The normalized spacial score (nSPS) is 10.3. The second-order valence-electron chi connectivity index (χ2n) is 4.38. The number of aryl methyl sites for hydroxylation is 1. The zero-order valence-corrected chi connectivity index (χ0v) is 12.3. The molecular formula is C15H12Cl2NO2-. The van der Waals surface area contributed by atoms with E-state index in [9.17, 15) is 9.90 Å². The van der Waals surface area contributed by atoms with Gasteiger partial charge in [-0.05, 0) is 30.2 Å². The highest BCUT2D eigenvalue weighted by Crippen LogP contribution is 2.35. The third-order valence-corrected chi connectivity index (χ3v) is 3.70. The molecule has 0 aliphatic carbocycles. The summed E-state index contributed by atoms with van der Waals surface area (Å²) in [5.74, 6) is -1.14. The summed E-state index contributed by atoms with van der Waals surface area (Å²) < 4.78 is 0. The standard InChI is InChI=1S/C15H13Cl2NO2/c1-9-6-7-11(16)15(14(9)17)18-12-5-3-2-4-10(12)8-13(19)20/h2-7,18H,8H2,1H3,(H,19,20)/p-1. The first kappa shape index (κ1) is 14.7. The Morgan fingerprint density at radius 2 is 1.90 bits per heavy atom. The number of hydrogen-bond donors (Lipinski definition) is 1. The molecule has 0 aromatic heterocycles. The molecule has 0 saturated heterocycles. The highest BCUT2D eigenvalue weighted by molar-refractivity contribution is 6.39. The molecule has 0 fully saturated rings. The molecule has 1 N–H and O–H groups in total. The number of para-hydroxylation sites is 1. The van der Waals surface area contributed by atoms with E-state index < -0.39 is 5.97 Å². The number of benzene rings is 2. The molecule has 0 saturated carbocycles. The predicted molar refractivity (Wildman–Crippen MR) is 79.6 cm³/mol. The Morgan fingerprint density at radius 3 is 2.60 bits per heavy atom. The summed E-state index contributed by atoms with van der Waals surface area (Å²) in [4.78, 5) is 10.8. The molecular weight excluding hydrogens is 297 g/mol. The van der Waals surface area contributed by atoms with Gasteiger partial charge >= 0.3 is 0 Å². The van der Waals surface area contributed by atoms with Crippen molar-refractivity contribution in [3.8, 4) is 0 Å². The molecule has 0 amide bonds. The van der Waals surface area contributed by atoms with E-state index in [1.54, 1.807) is 30.3 Å². The number of carbonyl (C=O) groups excluding carboxylic acids is 1. The van der Waals surface area contributed by atoms with Gasteiger partial charge in [0, 0.05) is 18.1 Å². The van der Waals surface area contributed by atoms with Crippen LogP contribution in [0.25, 0.3) is 0 Å². The number of rotatable bonds is 4. The molecule has 2 rings (SSSR count). The first-order valence-electron chi connectivity index (χ1n) is 5.98. The van der Waals surface area contributed by atoms with Gasteiger partial charge < -0.3 is 15.2 Å². The molecule has 0 aliphatic rings. The Balaban J connectivity index is 2.40. The number of carbonyl (C=O) groups is 1. The van der Waals surface area contributed by atoms with E-state index >= 15 is 0 Å². The smallest absolute Gasteiger partial charge is 0.0765 e. The van der Waals surface area contributed by atoms with Crippen LogP contribution in [0, 0.1) is 6.92 Å². The van der Waals surface area contributed by atoms with Gasteiger partial charge in [-0.25, -0.2) is 0 Å². The van der Waals surface area contributed by atoms with Gasteiger partial charge in [-0.1, -0.05) is 47.5 Å². The zero-order valence-electron chi connectivity index (χ0n) is 10.7. The molecule has 0 aliphatic heterocycles. The van der Waals surface area contributed by atoms with Crippen molar-refractivity contribution in [2.75, 3.05) is 5.32 Å². The van der Waals surface area contributed by atoms with Gasteiger partial charge in [-0.3, -0.25) is 0 Å². The van der Waals surface area contributed by atoms with Crippen LogP contribution in [0.5, 0.6) is 0 Å². The summed E-state index contributed by atoms with van der Waals surface area (Å²) >= 11 is 12.4. The molecule has 20 heavy (non-hydrogen) atoms. The SMILES string of the molecule is Cc1ccc(Cl)c(Nc2ccccc2CC(=O)[O-])c1Cl. The molecule has 5 heteroatoms. The van der Waals surface area contributed by atoms with Gasteiger partial charge in [0.05, 0.1) is 15.7 Å². The maximum Gasteiger partial charge on any atom is 0.0765 e. The zero-order chi connectivity index (χ0) is 14.7. The van der Waals surface area contributed by atoms with E-state index in [0.29, 0.717) is 27.0 Å². The van der Waals surface area contributed by atoms with Gasteiger partial charge in [-0.15, -0.1) is 0 Å². The summed E-state index contributed by atoms with van der Waals surface area (Å²) in [5.41, 5.74) is 2.71. The van der Waals surface area contributed by atoms with Gasteiger partial charge in [0.15, 0.2) is 0 Å². The van der Waals surface area contributed by atoms with Crippen LogP contribution in [0.4, 0.5) is 11.4 Å². The van der Waals surface area contributed by atoms with Gasteiger partial charge in [0.1, 0.15) is 0 Å². The van der Waals surface area contributed by atoms with Crippen LogP contribution < -0.4 is 10.4 Å². The van der Waals surface area contributed by atoms with E-state index in [0.717, 1.165) is 5.56 Å². The van der Waals surface area contributed by atoms with Crippen LogP contribution in [0.15, 0.2) is 36.4 Å². The predicted octanol–water partition coefficient (Wildman–Crippen LogP) is 3.34. The Morgan fingerprint density at radius 1 is 1.20 bits per heavy atom. The lowest BCUT2D eigenvalue weighted by atomic mass is 10.1. The molecule has 0 unspecified atom stereocenters. The maximum atomic E-state index is 10.8. The number of aliphatic carboxylic acids is 1. The van der Waals surface area contributed by atoms with E-state index in [2.05, 4.69) is 5.32 Å². The highest BCUT2D eigenvalue weighted by Gasteiger charge is 2.10. The van der Waals surface area contributed by atoms with Crippen molar-refractivity contribution in [1.82, 2.24) is 0 Å². The van der Waals surface area contributed by atoms with Crippen molar-refractivity contribution in [1.29, 1.82) is 0 Å². The van der Waals surface area contributed by atoms with Crippen LogP contribution in [0.3, 0.4) is 0 Å². The van der Waals surface area contributed by atoms with Crippen LogP contribution >= 0.6 is 23.2 Å². The summed E-state index contributed by atoms with van der Waals surface area (Å²) in [7, 11) is 0. The van der Waals surface area contributed by atoms with Crippen molar-refractivity contribution in [3.63, 3.8) is 0 Å². The molecule has 3 nitrogen and oxygen atoms in total. The van der Waals surface area contributed by atoms with Crippen molar-refractivity contribution in [2.24, 2.45) is 0 Å². The number of carboxylic acid groups (broad SMARTS) is 1. The van der Waals surface area contributed by atoms with E-state index in [4.69, 9.17) is 23.2 Å². The fraction of sp³-hybridized carbons (Fsp3) is 0.133. The average molecular weight is 309 g/mol. The molecule has 0 spiro atoms. The number of carboxylic acids is 1. The third kappa shape index (κ3) is 3.24. The number of nitrogens with one attached hydrogen (secondary N) is 1. The van der Waals surface area contributed by atoms with Gasteiger partial charge in [0.2, 0.25) is 0 Å². The fourth-order valence-electron chi connectivity index (χ4n) is 1.86. The highest BCUT2D eigenvalue weighted by atomic mass is 35.5. The van der Waals surface area contributed by atoms with E-state index in [1.807, 2.05) is 13.0 Å². The Bertz CT molecular complexity index is 656. The lowest BCUT2D eigenvalue weighted by Gasteiger charge is -2.15. The summed E-state index contributed by atoms with van der Waals surface area (Å²) in [6.07, 6.45) is -0.176. The summed E-state index contributed by atoms with van der Waals surface area (Å²) in [6, 6.07) is 10.6. The second kappa shape index (κ2) is 6.16. The lowest BCUT2D eigenvalue weighted by Crippen LogP contribution is -2.24. The monoisotopic (exact) mass is 308 g/mol. The molecule has 2 aromatic rings. The van der Waals surface area contributed by atoms with Crippen molar-refractivity contribution < 1.29 is 9.90 Å². The first-order valence-corrected chi connectivity index (χ1v) is 6.74. The van der Waals surface area contributed by atoms with E-state index in [1.165, 1.54) is 0 Å². The molecule has 104 valence electrons. The largest absolute Gasteiger partial charge is 0.550 e. The minimum atomic E-state index is -1.14. The van der Waals surface area contributed by atoms with Crippen LogP contribution in [-0.2, 0) is 11.2 Å². The summed E-state index contributed by atoms with van der Waals surface area (Å²) in [6.45, 7) is 1.87. The first-order chi connectivity index (χ1) is 9.49. The minimum Gasteiger partial charge on any atom is -0.550 e. The third-order valence-electron chi connectivity index (χ3n) is 2.90. The second-order valence-corrected chi connectivity index (χ2v) is 5.17. The fourth-order valence-corrected chi connectivity index (χ4v) is 2.32. The molecule has 2 aromatic carbocycles. The Kier molecular flexibility index (Phi) is 4.53. The van der Waals surface area contributed by atoms with Gasteiger partial charge in [0.25, 0.3) is 0 Å². The van der Waals surface area contributed by atoms with E-state index in [-0.39, 0.29) is 6.42 Å². The van der Waals surface area contributed by atoms with Crippen molar-refractivity contribution in [2.45, 2.75) is 13.3 Å². The number of halogens is 2. The molecule has 0 bridgehead atoms. The van der Waals surface area contributed by atoms with Crippen LogP contribution in [0.1, 0.15) is 11.1 Å².